The predicted octanol–water partition coefficient (Wildman–Crippen LogP) is 1.35. The van der Waals surface area contributed by atoms with Crippen molar-refractivity contribution in [1.82, 2.24) is 29.4 Å². The van der Waals surface area contributed by atoms with Gasteiger partial charge in [-0.2, -0.15) is 0 Å². The maximum Gasteiger partial charge on any atom is 0.333 e. The number of nitrogens with zero attached hydrogens (tertiary/aromatic N) is 5. The summed E-state index contributed by atoms with van der Waals surface area (Å²) in [5.41, 5.74) is 0.654. The van der Waals surface area contributed by atoms with E-state index in [1.165, 1.54) is 10.8 Å². The fourth-order valence-corrected chi connectivity index (χ4v) is 3.25. The Labute approximate surface area is 177 Å². The molecule has 1 aromatic carbocycles. The number of fused-ring (bicyclic) bond motifs is 1. The molecule has 3 heterocycles. The minimum atomic E-state index is -0.596. The van der Waals surface area contributed by atoms with Crippen LogP contribution in [0.4, 0.5) is 0 Å². The summed E-state index contributed by atoms with van der Waals surface area (Å²) < 4.78 is 2.29. The summed E-state index contributed by atoms with van der Waals surface area (Å²) >= 11 is 0. The van der Waals surface area contributed by atoms with Crippen molar-refractivity contribution in [2.24, 2.45) is 0 Å². The van der Waals surface area contributed by atoms with Gasteiger partial charge in [0.25, 0.3) is 5.56 Å². The number of amides is 1. The first-order valence-corrected chi connectivity index (χ1v) is 9.80. The fraction of sp³-hybridized carbons (Fsp3) is 0.182. The molecule has 1 amide bonds. The lowest BCUT2D eigenvalue weighted by Gasteiger charge is -2.12. The summed E-state index contributed by atoms with van der Waals surface area (Å²) in [6.45, 7) is 1.93. The molecule has 0 bridgehead atoms. The van der Waals surface area contributed by atoms with Gasteiger partial charge >= 0.3 is 5.69 Å². The van der Waals surface area contributed by atoms with Gasteiger partial charge in [0.15, 0.2) is 11.5 Å². The lowest BCUT2D eigenvalue weighted by Crippen LogP contribution is -2.44. The largest absolute Gasteiger partial charge is 0.350 e. The molecule has 3 aromatic heterocycles. The van der Waals surface area contributed by atoms with Crippen molar-refractivity contribution in [2.75, 3.05) is 0 Å². The lowest BCUT2D eigenvalue weighted by atomic mass is 10.2. The monoisotopic (exact) mass is 416 g/mol. The average molecular weight is 416 g/mol. The Kier molecular flexibility index (Phi) is 5.65. The van der Waals surface area contributed by atoms with E-state index in [1.54, 1.807) is 25.4 Å². The molecule has 0 unspecified atom stereocenters. The highest BCUT2D eigenvalue weighted by Gasteiger charge is 2.17. The number of nitrogens with one attached hydrogen (secondary N) is 1. The minimum Gasteiger partial charge on any atom is -0.350 e. The van der Waals surface area contributed by atoms with Crippen LogP contribution in [0.5, 0.6) is 0 Å². The van der Waals surface area contributed by atoms with Gasteiger partial charge in [-0.15, -0.1) is 0 Å². The van der Waals surface area contributed by atoms with E-state index in [1.807, 2.05) is 36.4 Å². The Morgan fingerprint density at radius 1 is 1.03 bits per heavy atom. The fourth-order valence-electron chi connectivity index (χ4n) is 3.25. The molecule has 156 valence electrons. The van der Waals surface area contributed by atoms with E-state index in [4.69, 9.17) is 0 Å². The van der Waals surface area contributed by atoms with Crippen molar-refractivity contribution in [3.05, 3.63) is 87.5 Å². The second kappa shape index (κ2) is 8.70. The standard InChI is InChI=1S/C22H20N6O3/c1-2-27-20-17(13-25-19(26-20)16-8-4-3-5-9-16)21(30)28(22(27)31)14-18(29)24-12-15-7-6-10-23-11-15/h3-11,13H,2,12,14H2,1H3,(H,24,29). The van der Waals surface area contributed by atoms with E-state index >= 15 is 0 Å². The third-order valence-electron chi connectivity index (χ3n) is 4.82. The number of aryl methyl sites for hydroxylation is 1. The molecule has 9 heteroatoms. The first kappa shape index (κ1) is 20.1. The van der Waals surface area contributed by atoms with Crippen molar-refractivity contribution >= 4 is 16.9 Å². The molecule has 0 radical (unpaired) electrons. The Morgan fingerprint density at radius 2 is 1.84 bits per heavy atom. The lowest BCUT2D eigenvalue weighted by molar-refractivity contribution is -0.121. The van der Waals surface area contributed by atoms with E-state index < -0.39 is 23.7 Å². The van der Waals surface area contributed by atoms with Crippen molar-refractivity contribution in [2.45, 2.75) is 26.6 Å². The third kappa shape index (κ3) is 4.11. The van der Waals surface area contributed by atoms with Gasteiger partial charge in [0.05, 0.1) is 0 Å². The number of hydrogen-bond donors (Lipinski definition) is 1. The molecule has 4 rings (SSSR count). The Hall–Kier alpha value is -4.14. The van der Waals surface area contributed by atoms with Crippen molar-refractivity contribution in [3.63, 3.8) is 0 Å². The molecule has 0 spiro atoms. The quantitative estimate of drug-likeness (QED) is 0.508. The van der Waals surface area contributed by atoms with E-state index in [0.717, 1.165) is 15.7 Å². The maximum absolute atomic E-state index is 13.0. The van der Waals surface area contributed by atoms with Gasteiger partial charge in [0.1, 0.15) is 11.9 Å². The number of rotatable bonds is 6. The van der Waals surface area contributed by atoms with E-state index in [9.17, 15) is 14.4 Å². The molecule has 9 nitrogen and oxygen atoms in total. The zero-order valence-corrected chi connectivity index (χ0v) is 16.9. The molecular formula is C22H20N6O3. The van der Waals surface area contributed by atoms with Crippen LogP contribution in [-0.2, 0) is 24.4 Å². The highest BCUT2D eigenvalue weighted by atomic mass is 16.2. The van der Waals surface area contributed by atoms with Crippen LogP contribution in [0.3, 0.4) is 0 Å². The minimum absolute atomic E-state index is 0.182. The zero-order chi connectivity index (χ0) is 21.8. The molecule has 0 saturated carbocycles. The zero-order valence-electron chi connectivity index (χ0n) is 16.9. The molecular weight excluding hydrogens is 396 g/mol. The first-order chi connectivity index (χ1) is 15.1. The summed E-state index contributed by atoms with van der Waals surface area (Å²) in [6.07, 6.45) is 4.68. The summed E-state index contributed by atoms with van der Waals surface area (Å²) in [4.78, 5) is 51.1. The molecule has 1 N–H and O–H groups in total. The van der Waals surface area contributed by atoms with Crippen molar-refractivity contribution in [3.8, 4) is 11.4 Å². The third-order valence-corrected chi connectivity index (χ3v) is 4.82. The van der Waals surface area contributed by atoms with Gasteiger partial charge in [-0.1, -0.05) is 36.4 Å². The van der Waals surface area contributed by atoms with Crippen LogP contribution >= 0.6 is 0 Å². The van der Waals surface area contributed by atoms with Crippen LogP contribution in [-0.4, -0.2) is 30.0 Å². The van der Waals surface area contributed by atoms with Crippen LogP contribution in [0.1, 0.15) is 12.5 Å². The SMILES string of the molecule is CCn1c(=O)n(CC(=O)NCc2cccnc2)c(=O)c2cnc(-c3ccccc3)nc21. The number of pyridine rings is 1. The number of benzene rings is 1. The van der Waals surface area contributed by atoms with E-state index in [2.05, 4.69) is 20.3 Å². The molecule has 0 atom stereocenters. The van der Waals surface area contributed by atoms with Gasteiger partial charge in [0, 0.05) is 37.2 Å². The van der Waals surface area contributed by atoms with Crippen LogP contribution in [0.15, 0.2) is 70.6 Å². The smallest absolute Gasteiger partial charge is 0.333 e. The Balaban J connectivity index is 1.69. The molecule has 0 aliphatic heterocycles. The van der Waals surface area contributed by atoms with Gasteiger partial charge in [-0.3, -0.25) is 23.7 Å². The second-order valence-corrected chi connectivity index (χ2v) is 6.85. The van der Waals surface area contributed by atoms with Crippen LogP contribution in [0.25, 0.3) is 22.4 Å². The molecule has 31 heavy (non-hydrogen) atoms. The molecule has 4 aromatic rings. The van der Waals surface area contributed by atoms with Crippen LogP contribution in [0, 0.1) is 0 Å². The second-order valence-electron chi connectivity index (χ2n) is 6.85. The number of aromatic nitrogens is 5. The number of carbonyl (C=O) groups is 1. The number of hydrogen-bond acceptors (Lipinski definition) is 6. The van der Waals surface area contributed by atoms with E-state index in [-0.39, 0.29) is 24.1 Å². The normalized spacial score (nSPS) is 10.9. The van der Waals surface area contributed by atoms with Gasteiger partial charge in [-0.25, -0.2) is 14.8 Å². The van der Waals surface area contributed by atoms with Gasteiger partial charge < -0.3 is 5.32 Å². The number of carbonyl (C=O) groups excluding carboxylic acids is 1. The van der Waals surface area contributed by atoms with Crippen molar-refractivity contribution < 1.29 is 4.79 Å². The van der Waals surface area contributed by atoms with Crippen LogP contribution < -0.4 is 16.6 Å². The predicted molar refractivity (Wildman–Crippen MR) is 115 cm³/mol. The average Bonchev–Trinajstić information content (AvgIpc) is 2.82. The highest BCUT2D eigenvalue weighted by Crippen LogP contribution is 2.15. The molecule has 0 fully saturated rings. The maximum atomic E-state index is 13.0. The van der Waals surface area contributed by atoms with Gasteiger partial charge in [0.2, 0.25) is 5.91 Å². The Bertz CT molecular complexity index is 1350. The van der Waals surface area contributed by atoms with Crippen LogP contribution in [0.2, 0.25) is 0 Å². The molecule has 0 saturated heterocycles. The summed E-state index contributed by atoms with van der Waals surface area (Å²) in [7, 11) is 0. The Morgan fingerprint density at radius 3 is 2.55 bits per heavy atom. The van der Waals surface area contributed by atoms with E-state index in [0.29, 0.717) is 5.82 Å². The van der Waals surface area contributed by atoms with Crippen molar-refractivity contribution in [1.29, 1.82) is 0 Å². The summed E-state index contributed by atoms with van der Waals surface area (Å²) in [6, 6.07) is 12.9. The highest BCUT2D eigenvalue weighted by molar-refractivity contribution is 5.78. The summed E-state index contributed by atoms with van der Waals surface area (Å²) in [5.74, 6) is -0.0343. The molecule has 0 aliphatic carbocycles. The molecule has 0 aliphatic rings. The summed E-state index contributed by atoms with van der Waals surface area (Å²) in [5, 5.41) is 2.88. The van der Waals surface area contributed by atoms with Gasteiger partial charge in [-0.05, 0) is 18.6 Å². The topological polar surface area (TPSA) is 112 Å². The first-order valence-electron chi connectivity index (χ1n) is 9.80.